The molecule has 3 heterocycles. The number of benzene rings is 1. The number of nitrogen functional groups attached to an aromatic ring is 1. The van der Waals surface area contributed by atoms with Gasteiger partial charge in [0.15, 0.2) is 22.6 Å². The number of anilines is 2. The van der Waals surface area contributed by atoms with Crippen LogP contribution >= 0.6 is 18.2 Å². The maximum Gasteiger partial charge on any atom is 0.323 e. The highest BCUT2D eigenvalue weighted by Crippen LogP contribution is 2.51. The van der Waals surface area contributed by atoms with Crippen molar-refractivity contribution in [3.8, 4) is 5.75 Å². The minimum Gasteiger partial charge on any atom is -0.468 e. The number of imidazole rings is 1. The van der Waals surface area contributed by atoms with Gasteiger partial charge in [0, 0.05) is 7.05 Å². The molecule has 13 nitrogen and oxygen atoms in total. The maximum absolute atomic E-state index is 15.9. The number of nitrogens with one attached hydrogen (secondary N) is 2. The summed E-state index contributed by atoms with van der Waals surface area (Å²) in [6.07, 6.45) is -0.267. The molecule has 5 N–H and O–H groups in total. The van der Waals surface area contributed by atoms with Crippen LogP contribution in [0.3, 0.4) is 0 Å². The first-order valence-corrected chi connectivity index (χ1v) is 14.8. The molecular formula is C22H28ClFN7O6PS. The standard InChI is InChI=1S/C22H28ClFN7O6PS/c1-13(19(32)34-3)30-38(39,37-14-7-5-4-6-8-14)35-11-21(10-23)22(24,33)9-15(36-21)31-12-27-16-17(26-2)28-20(25)29-18(16)31/h4-8,12-13,15,33H,9-11H2,1-3H3,(H,30,39)(H3,25,26,28,29)/t13-,15+,21+,22-,38?/m0/s1. The smallest absolute Gasteiger partial charge is 0.323 e. The Morgan fingerprint density at radius 2 is 2.15 bits per heavy atom. The van der Waals surface area contributed by atoms with Crippen LogP contribution in [0.15, 0.2) is 36.7 Å². The summed E-state index contributed by atoms with van der Waals surface area (Å²) in [5, 5.41) is 16.6. The molecule has 2 aromatic heterocycles. The molecule has 0 saturated carbocycles. The number of alkyl halides is 2. The number of esters is 1. The van der Waals surface area contributed by atoms with E-state index in [0.29, 0.717) is 17.1 Å². The fraction of sp³-hybridized carbons (Fsp3) is 0.455. The fourth-order valence-electron chi connectivity index (χ4n) is 3.97. The van der Waals surface area contributed by atoms with E-state index in [1.54, 1.807) is 37.4 Å². The third kappa shape index (κ3) is 5.94. The first kappa shape index (κ1) is 29.3. The number of halogens is 2. The minimum atomic E-state index is -3.56. The third-order valence-corrected chi connectivity index (χ3v) is 8.96. The second-order valence-corrected chi connectivity index (χ2v) is 12.1. The van der Waals surface area contributed by atoms with Crippen LogP contribution in [0.4, 0.5) is 16.2 Å². The maximum atomic E-state index is 15.9. The van der Waals surface area contributed by atoms with Gasteiger partial charge >= 0.3 is 12.6 Å². The van der Waals surface area contributed by atoms with Crippen molar-refractivity contribution >= 4 is 58.9 Å². The van der Waals surface area contributed by atoms with Crippen LogP contribution in [-0.2, 0) is 30.6 Å². The number of nitrogens with zero attached hydrogens (tertiary/aromatic N) is 4. The number of hydrogen-bond donors (Lipinski definition) is 4. The average molecular weight is 604 g/mol. The Morgan fingerprint density at radius 1 is 1.44 bits per heavy atom. The van der Waals surface area contributed by atoms with Gasteiger partial charge in [-0.3, -0.25) is 9.36 Å². The molecule has 17 heteroatoms. The number of para-hydroxylation sites is 1. The van der Waals surface area contributed by atoms with Gasteiger partial charge in [0.1, 0.15) is 18.0 Å². The van der Waals surface area contributed by atoms with E-state index in [-0.39, 0.29) is 11.6 Å². The number of fused-ring (bicyclic) bond motifs is 1. The van der Waals surface area contributed by atoms with Crippen LogP contribution < -0.4 is 20.7 Å². The molecule has 0 radical (unpaired) electrons. The predicted molar refractivity (Wildman–Crippen MR) is 145 cm³/mol. The number of nitrogens with two attached hydrogens (primary N) is 1. The summed E-state index contributed by atoms with van der Waals surface area (Å²) in [7, 11) is 2.86. The highest BCUT2D eigenvalue weighted by Gasteiger charge is 2.61. The molecule has 1 aliphatic heterocycles. The Balaban J connectivity index is 1.62. The van der Waals surface area contributed by atoms with Gasteiger partial charge in [0.2, 0.25) is 11.8 Å². The largest absolute Gasteiger partial charge is 0.468 e. The summed E-state index contributed by atoms with van der Waals surface area (Å²) in [5.74, 6) is -3.45. The molecule has 1 aromatic carbocycles. The number of aliphatic hydroxyl groups is 1. The Labute approximate surface area is 233 Å². The van der Waals surface area contributed by atoms with Gasteiger partial charge in [0.25, 0.3) is 0 Å². The van der Waals surface area contributed by atoms with Crippen molar-refractivity contribution < 1.29 is 32.8 Å². The third-order valence-electron chi connectivity index (χ3n) is 6.05. The average Bonchev–Trinajstić information content (AvgIpc) is 3.44. The highest BCUT2D eigenvalue weighted by atomic mass is 35.5. The van der Waals surface area contributed by atoms with E-state index >= 15 is 4.39 Å². The molecule has 0 amide bonds. The summed E-state index contributed by atoms with van der Waals surface area (Å²) in [4.78, 5) is 24.6. The van der Waals surface area contributed by atoms with Crippen LogP contribution in [0, 0.1) is 0 Å². The molecule has 3 aromatic rings. The molecular weight excluding hydrogens is 576 g/mol. The summed E-state index contributed by atoms with van der Waals surface area (Å²) in [5.41, 5.74) is 4.36. The molecule has 4 rings (SSSR count). The molecule has 0 aliphatic carbocycles. The molecule has 0 bridgehead atoms. The van der Waals surface area contributed by atoms with Crippen LogP contribution in [0.2, 0.25) is 0 Å². The normalized spacial score (nSPS) is 25.2. The monoisotopic (exact) mass is 603 g/mol. The molecule has 39 heavy (non-hydrogen) atoms. The first-order chi connectivity index (χ1) is 18.5. The highest BCUT2D eigenvalue weighted by molar-refractivity contribution is 8.09. The van der Waals surface area contributed by atoms with E-state index < -0.39 is 55.2 Å². The minimum absolute atomic E-state index is 0.0430. The van der Waals surface area contributed by atoms with Gasteiger partial charge in [0.05, 0.1) is 32.3 Å². The predicted octanol–water partition coefficient (Wildman–Crippen LogP) is 2.48. The van der Waals surface area contributed by atoms with Crippen molar-refractivity contribution in [2.45, 2.75) is 37.1 Å². The van der Waals surface area contributed by atoms with Gasteiger partial charge in [-0.2, -0.15) is 9.97 Å². The number of ether oxygens (including phenoxy) is 2. The molecule has 0 spiro atoms. The second kappa shape index (κ2) is 11.5. The van der Waals surface area contributed by atoms with Crippen molar-refractivity contribution in [2.24, 2.45) is 0 Å². The van der Waals surface area contributed by atoms with Crippen LogP contribution in [0.1, 0.15) is 19.6 Å². The van der Waals surface area contributed by atoms with E-state index in [9.17, 15) is 9.90 Å². The van der Waals surface area contributed by atoms with Crippen molar-refractivity contribution in [3.05, 3.63) is 36.7 Å². The lowest BCUT2D eigenvalue weighted by Gasteiger charge is -2.35. The zero-order valence-electron chi connectivity index (χ0n) is 21.2. The Morgan fingerprint density at radius 3 is 2.79 bits per heavy atom. The van der Waals surface area contributed by atoms with E-state index in [4.69, 9.17) is 47.7 Å². The summed E-state index contributed by atoms with van der Waals surface area (Å²) >= 11 is 11.8. The van der Waals surface area contributed by atoms with E-state index in [1.807, 2.05) is 0 Å². The Hall–Kier alpha value is -2.65. The number of carbonyl (C=O) groups excluding carboxylic acids is 1. The number of methoxy groups -OCH3 is 1. The van der Waals surface area contributed by atoms with Crippen molar-refractivity contribution in [1.82, 2.24) is 24.6 Å². The molecule has 1 saturated heterocycles. The van der Waals surface area contributed by atoms with Gasteiger partial charge in [-0.15, -0.1) is 11.6 Å². The fourth-order valence-corrected chi connectivity index (χ4v) is 6.74. The molecule has 1 aliphatic rings. The topological polar surface area (TPSA) is 168 Å². The van der Waals surface area contributed by atoms with E-state index in [1.165, 1.54) is 24.9 Å². The number of aromatic nitrogens is 4. The number of hydrogen-bond acceptors (Lipinski definition) is 12. The number of rotatable bonds is 11. The Kier molecular flexibility index (Phi) is 8.61. The molecule has 1 fully saturated rings. The van der Waals surface area contributed by atoms with Crippen molar-refractivity contribution in [1.29, 1.82) is 0 Å². The van der Waals surface area contributed by atoms with Crippen LogP contribution in [0.5, 0.6) is 5.75 Å². The summed E-state index contributed by atoms with van der Waals surface area (Å²) < 4.78 is 39.9. The SMILES string of the molecule is CNc1nc(N)nc2c1ncn2[C@H]1C[C@@](O)(F)[C@@](CCl)(COP(=S)(N[C@@H](C)C(=O)OC)Oc2ccccc2)O1. The lowest BCUT2D eigenvalue weighted by atomic mass is 9.97. The Bertz CT molecular complexity index is 1390. The lowest BCUT2D eigenvalue weighted by molar-refractivity contribution is -0.203. The summed E-state index contributed by atoms with van der Waals surface area (Å²) in [6.45, 7) is -2.69. The van der Waals surface area contributed by atoms with Crippen LogP contribution in [-0.4, -0.2) is 74.7 Å². The van der Waals surface area contributed by atoms with E-state index in [0.717, 1.165) is 0 Å². The first-order valence-electron chi connectivity index (χ1n) is 11.6. The van der Waals surface area contributed by atoms with Crippen LogP contribution in [0.25, 0.3) is 11.2 Å². The number of carbonyl (C=O) groups is 1. The van der Waals surface area contributed by atoms with Crippen molar-refractivity contribution in [2.75, 3.05) is 37.7 Å². The molecule has 212 valence electrons. The van der Waals surface area contributed by atoms with Gasteiger partial charge in [-0.25, -0.2) is 14.5 Å². The van der Waals surface area contributed by atoms with Gasteiger partial charge < -0.3 is 34.7 Å². The van der Waals surface area contributed by atoms with E-state index in [2.05, 4.69) is 25.4 Å². The van der Waals surface area contributed by atoms with Gasteiger partial charge in [-0.05, 0) is 30.9 Å². The quantitative estimate of drug-likeness (QED) is 0.143. The van der Waals surface area contributed by atoms with Gasteiger partial charge in [-0.1, -0.05) is 18.2 Å². The second-order valence-electron chi connectivity index (χ2n) is 8.72. The molecule has 1 unspecified atom stereocenters. The zero-order valence-corrected chi connectivity index (χ0v) is 23.7. The molecule has 5 atom stereocenters. The lowest BCUT2D eigenvalue weighted by Crippen LogP contribution is -2.53. The zero-order chi connectivity index (χ0) is 28.4. The van der Waals surface area contributed by atoms with Crippen molar-refractivity contribution in [3.63, 3.8) is 0 Å². The summed E-state index contributed by atoms with van der Waals surface area (Å²) in [6, 6.07) is 7.55.